The van der Waals surface area contributed by atoms with Crippen LogP contribution in [-0.2, 0) is 23.0 Å². The molecule has 0 spiro atoms. The normalized spacial score (nSPS) is 12.2. The lowest BCUT2D eigenvalue weighted by Gasteiger charge is -2.12. The lowest BCUT2D eigenvalue weighted by atomic mass is 10.1. The van der Waals surface area contributed by atoms with Crippen LogP contribution < -0.4 is 10.0 Å². The number of benzene rings is 2. The maximum absolute atomic E-state index is 12.4. The summed E-state index contributed by atoms with van der Waals surface area (Å²) in [6.45, 7) is 0.192. The maximum atomic E-state index is 12.4. The molecule has 0 bridgehead atoms. The highest BCUT2D eigenvalue weighted by Crippen LogP contribution is 2.21. The predicted molar refractivity (Wildman–Crippen MR) is 109 cm³/mol. The highest BCUT2D eigenvalue weighted by Gasteiger charge is 2.35. The Labute approximate surface area is 172 Å². The van der Waals surface area contributed by atoms with Gasteiger partial charge in [0.2, 0.25) is 10.0 Å². The molecular weight excluding hydrogens is 417 g/mol. The number of alkyl halides is 3. The molecular formula is C20H21F3N4O2S. The first-order valence-electron chi connectivity index (χ1n) is 9.29. The molecule has 3 aromatic rings. The molecule has 0 saturated carbocycles. The fraction of sp³-hybridized carbons (Fsp3) is 0.300. The predicted octanol–water partition coefficient (Wildman–Crippen LogP) is 3.66. The number of nitrogens with one attached hydrogen (secondary N) is 2. The minimum atomic E-state index is -4.82. The molecule has 1 aromatic heterocycles. The first-order valence-corrected chi connectivity index (χ1v) is 10.9. The first kappa shape index (κ1) is 22.0. The van der Waals surface area contributed by atoms with Gasteiger partial charge in [-0.25, -0.2) is 23.1 Å². The van der Waals surface area contributed by atoms with Crippen LogP contribution in [0.15, 0.2) is 54.6 Å². The Morgan fingerprint density at radius 1 is 0.933 bits per heavy atom. The SMILES string of the molecule is O=S(=O)(CC(F)(F)F)NCc1nc(NCCCc2ccccc2)c2ccccc2n1. The van der Waals surface area contributed by atoms with Gasteiger partial charge in [0.1, 0.15) is 11.6 Å². The van der Waals surface area contributed by atoms with Crippen molar-refractivity contribution in [1.82, 2.24) is 14.7 Å². The van der Waals surface area contributed by atoms with E-state index < -0.39 is 28.5 Å². The van der Waals surface area contributed by atoms with Crippen LogP contribution in [0.5, 0.6) is 0 Å². The number of rotatable bonds is 9. The van der Waals surface area contributed by atoms with Crippen molar-refractivity contribution in [3.8, 4) is 0 Å². The molecule has 0 aliphatic carbocycles. The number of aromatic nitrogens is 2. The van der Waals surface area contributed by atoms with E-state index in [2.05, 4.69) is 15.3 Å². The molecule has 0 fully saturated rings. The zero-order chi connectivity index (χ0) is 21.6. The van der Waals surface area contributed by atoms with Crippen LogP contribution >= 0.6 is 0 Å². The molecule has 2 aromatic carbocycles. The van der Waals surface area contributed by atoms with Crippen LogP contribution in [0.2, 0.25) is 0 Å². The maximum Gasteiger partial charge on any atom is 0.404 e. The molecule has 160 valence electrons. The van der Waals surface area contributed by atoms with E-state index in [1.807, 2.05) is 47.2 Å². The van der Waals surface area contributed by atoms with E-state index in [-0.39, 0.29) is 5.82 Å². The van der Waals surface area contributed by atoms with Crippen LogP contribution in [0.3, 0.4) is 0 Å². The quantitative estimate of drug-likeness (QED) is 0.498. The largest absolute Gasteiger partial charge is 0.404 e. The molecule has 10 heteroatoms. The van der Waals surface area contributed by atoms with Crippen LogP contribution in [-0.4, -0.2) is 36.9 Å². The number of sulfonamides is 1. The van der Waals surface area contributed by atoms with Crippen molar-refractivity contribution in [2.45, 2.75) is 25.6 Å². The van der Waals surface area contributed by atoms with Crippen molar-refractivity contribution in [3.05, 3.63) is 66.0 Å². The van der Waals surface area contributed by atoms with Crippen molar-refractivity contribution in [2.24, 2.45) is 0 Å². The minimum Gasteiger partial charge on any atom is -0.369 e. The van der Waals surface area contributed by atoms with Gasteiger partial charge < -0.3 is 5.32 Å². The van der Waals surface area contributed by atoms with Crippen molar-refractivity contribution < 1.29 is 21.6 Å². The summed E-state index contributed by atoms with van der Waals surface area (Å²) in [7, 11) is -4.53. The van der Waals surface area contributed by atoms with E-state index in [1.165, 1.54) is 5.56 Å². The van der Waals surface area contributed by atoms with Gasteiger partial charge in [-0.3, -0.25) is 0 Å². The molecule has 1 heterocycles. The molecule has 0 saturated heterocycles. The summed E-state index contributed by atoms with van der Waals surface area (Å²) in [6, 6.07) is 17.2. The molecule has 0 radical (unpaired) electrons. The molecule has 6 nitrogen and oxygen atoms in total. The summed E-state index contributed by atoms with van der Waals surface area (Å²) in [6.07, 6.45) is -3.10. The highest BCUT2D eigenvalue weighted by atomic mass is 32.2. The number of fused-ring (bicyclic) bond motifs is 1. The zero-order valence-corrected chi connectivity index (χ0v) is 16.8. The van der Waals surface area contributed by atoms with Gasteiger partial charge in [-0.15, -0.1) is 0 Å². The Kier molecular flexibility index (Phi) is 6.88. The van der Waals surface area contributed by atoms with Gasteiger partial charge in [-0.2, -0.15) is 13.2 Å². The van der Waals surface area contributed by atoms with Crippen molar-refractivity contribution in [3.63, 3.8) is 0 Å². The summed E-state index contributed by atoms with van der Waals surface area (Å²) < 4.78 is 62.3. The third-order valence-electron chi connectivity index (χ3n) is 4.23. The Morgan fingerprint density at radius 2 is 1.63 bits per heavy atom. The fourth-order valence-electron chi connectivity index (χ4n) is 2.92. The van der Waals surface area contributed by atoms with Crippen LogP contribution in [0, 0.1) is 0 Å². The van der Waals surface area contributed by atoms with Gasteiger partial charge in [0.15, 0.2) is 5.75 Å². The van der Waals surface area contributed by atoms with Crippen LogP contribution in [0.4, 0.5) is 19.0 Å². The minimum absolute atomic E-state index is 0.0880. The smallest absolute Gasteiger partial charge is 0.369 e. The number of hydrogen-bond donors (Lipinski definition) is 2. The third kappa shape index (κ3) is 6.67. The molecule has 0 aliphatic heterocycles. The first-order chi connectivity index (χ1) is 14.2. The van der Waals surface area contributed by atoms with Gasteiger partial charge in [0, 0.05) is 11.9 Å². The topological polar surface area (TPSA) is 84.0 Å². The Bertz CT molecular complexity index is 1090. The number of nitrogens with zero attached hydrogens (tertiary/aromatic N) is 2. The molecule has 30 heavy (non-hydrogen) atoms. The molecule has 0 atom stereocenters. The summed E-state index contributed by atoms with van der Waals surface area (Å²) in [5.41, 5.74) is 1.79. The third-order valence-corrected chi connectivity index (χ3v) is 5.52. The summed E-state index contributed by atoms with van der Waals surface area (Å²) in [4.78, 5) is 8.57. The average molecular weight is 438 g/mol. The van der Waals surface area contributed by atoms with Crippen LogP contribution in [0.25, 0.3) is 10.9 Å². The van der Waals surface area contributed by atoms with Crippen molar-refractivity contribution >= 4 is 26.7 Å². The highest BCUT2D eigenvalue weighted by molar-refractivity contribution is 7.89. The van der Waals surface area contributed by atoms with Gasteiger partial charge in [-0.05, 0) is 30.5 Å². The Balaban J connectivity index is 1.69. The molecule has 0 unspecified atom stereocenters. The van der Waals surface area contributed by atoms with E-state index >= 15 is 0 Å². The van der Waals surface area contributed by atoms with E-state index in [0.717, 1.165) is 18.2 Å². The van der Waals surface area contributed by atoms with Crippen LogP contribution in [0.1, 0.15) is 17.8 Å². The number of aryl methyl sites for hydroxylation is 1. The average Bonchev–Trinajstić information content (AvgIpc) is 2.69. The monoisotopic (exact) mass is 438 g/mol. The number of halogens is 3. The van der Waals surface area contributed by atoms with E-state index in [9.17, 15) is 21.6 Å². The molecule has 2 N–H and O–H groups in total. The zero-order valence-electron chi connectivity index (χ0n) is 16.0. The summed E-state index contributed by atoms with van der Waals surface area (Å²) >= 11 is 0. The second kappa shape index (κ2) is 9.40. The molecule has 3 rings (SSSR count). The van der Waals surface area contributed by atoms with Crippen molar-refractivity contribution in [1.29, 1.82) is 0 Å². The molecule has 0 aliphatic rings. The second-order valence-corrected chi connectivity index (χ2v) is 8.52. The fourth-order valence-corrected chi connectivity index (χ4v) is 3.81. The lowest BCUT2D eigenvalue weighted by molar-refractivity contribution is -0.106. The molecule has 0 amide bonds. The van der Waals surface area contributed by atoms with Gasteiger partial charge in [-0.1, -0.05) is 42.5 Å². The Hall–Kier alpha value is -2.72. The lowest BCUT2D eigenvalue weighted by Crippen LogP contribution is -2.33. The van der Waals surface area contributed by atoms with E-state index in [0.29, 0.717) is 17.9 Å². The number of anilines is 1. The standard InChI is InChI=1S/C20H21F3N4O2S/c21-20(22,23)14-30(28,29)25-13-18-26-17-11-5-4-10-16(17)19(27-18)24-12-6-9-15-7-2-1-3-8-15/h1-5,7-8,10-11,25H,6,9,12-14H2,(H,24,26,27). The van der Waals surface area contributed by atoms with Gasteiger partial charge in [0.05, 0.1) is 12.1 Å². The number of hydrogen-bond acceptors (Lipinski definition) is 5. The van der Waals surface area contributed by atoms with E-state index in [4.69, 9.17) is 0 Å². The van der Waals surface area contributed by atoms with Crippen molar-refractivity contribution in [2.75, 3.05) is 17.6 Å². The second-order valence-electron chi connectivity index (χ2n) is 6.72. The number of para-hydroxylation sites is 1. The van der Waals surface area contributed by atoms with E-state index in [1.54, 1.807) is 12.1 Å². The summed E-state index contributed by atoms with van der Waals surface area (Å²) in [5.74, 6) is -1.35. The van der Waals surface area contributed by atoms with Gasteiger partial charge >= 0.3 is 6.18 Å². The van der Waals surface area contributed by atoms with Gasteiger partial charge in [0.25, 0.3) is 0 Å². The summed E-state index contributed by atoms with van der Waals surface area (Å²) in [5, 5.41) is 3.97. The Morgan fingerprint density at radius 3 is 2.37 bits per heavy atom.